The normalized spacial score (nSPS) is 14.9. The molecular weight excluding hydrogens is 226 g/mol. The molecule has 0 aromatic heterocycles. The van der Waals surface area contributed by atoms with Crippen LogP contribution in [0.15, 0.2) is 24.3 Å². The number of fused-ring (bicyclic) bond motifs is 1. The SMILES string of the molecule is CC(C)NCC(O)COc1cccc2c1CC=C2. The van der Waals surface area contributed by atoms with Crippen LogP contribution in [0.5, 0.6) is 5.75 Å². The Labute approximate surface area is 108 Å². The number of hydrogen-bond acceptors (Lipinski definition) is 3. The van der Waals surface area contributed by atoms with Gasteiger partial charge in [0.05, 0.1) is 0 Å². The summed E-state index contributed by atoms with van der Waals surface area (Å²) < 4.78 is 5.71. The fraction of sp³-hybridized carbons (Fsp3) is 0.467. The quantitative estimate of drug-likeness (QED) is 0.808. The molecule has 0 bridgehead atoms. The van der Waals surface area contributed by atoms with Gasteiger partial charge in [0, 0.05) is 18.2 Å². The molecule has 0 radical (unpaired) electrons. The zero-order valence-corrected chi connectivity index (χ0v) is 11.0. The summed E-state index contributed by atoms with van der Waals surface area (Å²) in [6.45, 7) is 5.01. The number of hydrogen-bond donors (Lipinski definition) is 2. The van der Waals surface area contributed by atoms with Crippen LogP contribution in [0.25, 0.3) is 6.08 Å². The molecule has 0 aliphatic heterocycles. The number of benzene rings is 1. The highest BCUT2D eigenvalue weighted by Crippen LogP contribution is 2.28. The van der Waals surface area contributed by atoms with E-state index in [1.165, 1.54) is 11.1 Å². The zero-order chi connectivity index (χ0) is 13.0. The molecule has 1 aromatic rings. The molecule has 0 heterocycles. The molecule has 3 heteroatoms. The van der Waals surface area contributed by atoms with Crippen LogP contribution in [0, 0.1) is 0 Å². The van der Waals surface area contributed by atoms with Crippen molar-refractivity contribution in [3.8, 4) is 5.75 Å². The molecule has 2 rings (SSSR count). The Kier molecular flexibility index (Phi) is 4.39. The average Bonchev–Trinajstić information content (AvgIpc) is 2.82. The maximum absolute atomic E-state index is 9.80. The lowest BCUT2D eigenvalue weighted by Crippen LogP contribution is -2.35. The monoisotopic (exact) mass is 247 g/mol. The molecule has 0 amide bonds. The van der Waals surface area contributed by atoms with Crippen molar-refractivity contribution < 1.29 is 9.84 Å². The Morgan fingerprint density at radius 1 is 1.39 bits per heavy atom. The van der Waals surface area contributed by atoms with Crippen LogP contribution in [-0.4, -0.2) is 30.4 Å². The lowest BCUT2D eigenvalue weighted by molar-refractivity contribution is 0.104. The first kappa shape index (κ1) is 13.1. The summed E-state index contributed by atoms with van der Waals surface area (Å²) >= 11 is 0. The number of nitrogens with one attached hydrogen (secondary N) is 1. The van der Waals surface area contributed by atoms with Gasteiger partial charge in [0.2, 0.25) is 0 Å². The molecule has 3 nitrogen and oxygen atoms in total. The van der Waals surface area contributed by atoms with Gasteiger partial charge in [0.15, 0.2) is 0 Å². The summed E-state index contributed by atoms with van der Waals surface area (Å²) in [5.74, 6) is 0.890. The predicted molar refractivity (Wildman–Crippen MR) is 73.8 cm³/mol. The van der Waals surface area contributed by atoms with Crippen LogP contribution < -0.4 is 10.1 Å². The van der Waals surface area contributed by atoms with Crippen LogP contribution in [0.1, 0.15) is 25.0 Å². The molecule has 1 aliphatic rings. The van der Waals surface area contributed by atoms with Crippen molar-refractivity contribution in [2.45, 2.75) is 32.4 Å². The lowest BCUT2D eigenvalue weighted by atomic mass is 10.1. The summed E-state index contributed by atoms with van der Waals surface area (Å²) in [7, 11) is 0. The number of ether oxygens (including phenoxy) is 1. The third-order valence-electron chi connectivity index (χ3n) is 2.98. The molecule has 1 unspecified atom stereocenters. The largest absolute Gasteiger partial charge is 0.491 e. The van der Waals surface area contributed by atoms with Crippen LogP contribution in [0.3, 0.4) is 0 Å². The van der Waals surface area contributed by atoms with Crippen molar-refractivity contribution in [2.75, 3.05) is 13.2 Å². The van der Waals surface area contributed by atoms with Crippen molar-refractivity contribution in [2.24, 2.45) is 0 Å². The number of rotatable bonds is 6. The second-order valence-corrected chi connectivity index (χ2v) is 4.96. The molecule has 1 aliphatic carbocycles. The van der Waals surface area contributed by atoms with Gasteiger partial charge in [-0.3, -0.25) is 0 Å². The van der Waals surface area contributed by atoms with Gasteiger partial charge in [0.25, 0.3) is 0 Å². The molecular formula is C15H21NO2. The molecule has 1 aromatic carbocycles. The van der Waals surface area contributed by atoms with E-state index in [0.29, 0.717) is 19.2 Å². The Morgan fingerprint density at radius 3 is 3.00 bits per heavy atom. The van der Waals surface area contributed by atoms with Gasteiger partial charge in [-0.2, -0.15) is 0 Å². The Morgan fingerprint density at radius 2 is 2.22 bits per heavy atom. The number of allylic oxidation sites excluding steroid dienone is 1. The predicted octanol–water partition coefficient (Wildman–Crippen LogP) is 1.99. The minimum absolute atomic E-state index is 0.330. The van der Waals surface area contributed by atoms with Crippen LogP contribution in [0.2, 0.25) is 0 Å². The Hall–Kier alpha value is -1.32. The van der Waals surface area contributed by atoms with Gasteiger partial charge in [-0.15, -0.1) is 0 Å². The van der Waals surface area contributed by atoms with Crippen molar-refractivity contribution in [1.29, 1.82) is 0 Å². The highest BCUT2D eigenvalue weighted by Gasteiger charge is 2.12. The first-order chi connectivity index (χ1) is 8.66. The summed E-state index contributed by atoms with van der Waals surface area (Å²) in [4.78, 5) is 0. The molecule has 0 fully saturated rings. The van der Waals surface area contributed by atoms with Gasteiger partial charge in [-0.1, -0.05) is 38.1 Å². The van der Waals surface area contributed by atoms with Gasteiger partial charge >= 0.3 is 0 Å². The fourth-order valence-corrected chi connectivity index (χ4v) is 2.01. The van der Waals surface area contributed by atoms with Gasteiger partial charge in [-0.25, -0.2) is 0 Å². The third kappa shape index (κ3) is 3.34. The van der Waals surface area contributed by atoms with Crippen LogP contribution >= 0.6 is 0 Å². The van der Waals surface area contributed by atoms with E-state index in [4.69, 9.17) is 4.74 Å². The standard InChI is InChI=1S/C15H21NO2/c1-11(2)16-9-13(17)10-18-15-8-4-6-12-5-3-7-14(12)15/h3-6,8,11,13,16-17H,7,9-10H2,1-2H3. The molecule has 0 spiro atoms. The number of aliphatic hydroxyl groups excluding tert-OH is 1. The topological polar surface area (TPSA) is 41.5 Å². The Bertz CT molecular complexity index is 427. The van der Waals surface area contributed by atoms with Gasteiger partial charge < -0.3 is 15.2 Å². The summed E-state index contributed by atoms with van der Waals surface area (Å²) in [6, 6.07) is 6.42. The maximum atomic E-state index is 9.80. The van der Waals surface area contributed by atoms with E-state index in [1.54, 1.807) is 0 Å². The van der Waals surface area contributed by atoms with Crippen molar-refractivity contribution in [3.63, 3.8) is 0 Å². The molecule has 98 valence electrons. The summed E-state index contributed by atoms with van der Waals surface area (Å²) in [5, 5.41) is 13.0. The van der Waals surface area contributed by atoms with Crippen molar-refractivity contribution in [3.05, 3.63) is 35.4 Å². The van der Waals surface area contributed by atoms with Crippen LogP contribution in [-0.2, 0) is 6.42 Å². The maximum Gasteiger partial charge on any atom is 0.123 e. The first-order valence-electron chi connectivity index (χ1n) is 6.49. The van der Waals surface area contributed by atoms with Gasteiger partial charge in [0.1, 0.15) is 18.5 Å². The highest BCUT2D eigenvalue weighted by molar-refractivity contribution is 5.63. The Balaban J connectivity index is 1.86. The summed E-state index contributed by atoms with van der Waals surface area (Å²) in [6.07, 6.45) is 4.69. The lowest BCUT2D eigenvalue weighted by Gasteiger charge is -2.16. The van der Waals surface area contributed by atoms with E-state index < -0.39 is 6.10 Å². The fourth-order valence-electron chi connectivity index (χ4n) is 2.01. The van der Waals surface area contributed by atoms with Crippen molar-refractivity contribution >= 4 is 6.08 Å². The van der Waals surface area contributed by atoms with Gasteiger partial charge in [-0.05, 0) is 18.1 Å². The second kappa shape index (κ2) is 6.03. The summed E-state index contributed by atoms with van der Waals surface area (Å²) in [5.41, 5.74) is 2.45. The van der Waals surface area contributed by atoms with E-state index >= 15 is 0 Å². The number of aliphatic hydroxyl groups is 1. The second-order valence-electron chi connectivity index (χ2n) is 4.96. The molecule has 18 heavy (non-hydrogen) atoms. The van der Waals surface area contributed by atoms with E-state index in [9.17, 15) is 5.11 Å². The van der Waals surface area contributed by atoms with E-state index in [1.807, 2.05) is 12.1 Å². The molecule has 0 saturated heterocycles. The van der Waals surface area contributed by atoms with E-state index in [-0.39, 0.29) is 0 Å². The molecule has 0 saturated carbocycles. The third-order valence-corrected chi connectivity index (χ3v) is 2.98. The smallest absolute Gasteiger partial charge is 0.123 e. The van der Waals surface area contributed by atoms with Crippen LogP contribution in [0.4, 0.5) is 0 Å². The first-order valence-corrected chi connectivity index (χ1v) is 6.49. The highest BCUT2D eigenvalue weighted by atomic mass is 16.5. The minimum Gasteiger partial charge on any atom is -0.491 e. The van der Waals surface area contributed by atoms with E-state index in [2.05, 4.69) is 37.4 Å². The molecule has 1 atom stereocenters. The average molecular weight is 247 g/mol. The molecule has 2 N–H and O–H groups in total. The zero-order valence-electron chi connectivity index (χ0n) is 11.0. The van der Waals surface area contributed by atoms with Crippen molar-refractivity contribution in [1.82, 2.24) is 5.32 Å². The van der Waals surface area contributed by atoms with E-state index in [0.717, 1.165) is 12.2 Å². The minimum atomic E-state index is -0.474.